The number of hydrazine groups is 1. The van der Waals surface area contributed by atoms with Crippen molar-refractivity contribution in [3.05, 3.63) is 36.0 Å². The summed E-state index contributed by atoms with van der Waals surface area (Å²) in [6.07, 6.45) is 4.93. The van der Waals surface area contributed by atoms with Gasteiger partial charge in [-0.15, -0.1) is 5.10 Å². The van der Waals surface area contributed by atoms with Crippen LogP contribution in [0.5, 0.6) is 0 Å². The van der Waals surface area contributed by atoms with Crippen molar-refractivity contribution in [2.24, 2.45) is 5.84 Å². The Balaban J connectivity index is 1.81. The summed E-state index contributed by atoms with van der Waals surface area (Å²) in [6, 6.07) is 1.93. The Labute approximate surface area is 110 Å². The van der Waals surface area contributed by atoms with Crippen LogP contribution in [0.1, 0.15) is 16.1 Å². The molecule has 2 aromatic rings. The summed E-state index contributed by atoms with van der Waals surface area (Å²) in [5, 5.41) is 7.59. The van der Waals surface area contributed by atoms with E-state index in [9.17, 15) is 4.79 Å². The summed E-state index contributed by atoms with van der Waals surface area (Å²) >= 11 is 0. The molecular formula is C11H16N6O2. The van der Waals surface area contributed by atoms with Crippen LogP contribution in [0.2, 0.25) is 0 Å². The summed E-state index contributed by atoms with van der Waals surface area (Å²) in [6.45, 7) is 2.21. The first-order valence-corrected chi connectivity index (χ1v) is 5.79. The Kier molecular flexibility index (Phi) is 4.26. The molecule has 102 valence electrons. The summed E-state index contributed by atoms with van der Waals surface area (Å²) in [7, 11) is 2.00. The molecule has 1 amide bonds. The van der Waals surface area contributed by atoms with Crippen molar-refractivity contribution in [2.75, 3.05) is 13.6 Å². The molecule has 3 N–H and O–H groups in total. The highest BCUT2D eigenvalue weighted by Gasteiger charge is 2.09. The van der Waals surface area contributed by atoms with Gasteiger partial charge in [-0.1, -0.05) is 5.21 Å². The Morgan fingerprint density at radius 1 is 1.63 bits per heavy atom. The Hall–Kier alpha value is -2.19. The Morgan fingerprint density at radius 2 is 2.47 bits per heavy atom. The molecule has 8 heteroatoms. The van der Waals surface area contributed by atoms with Crippen LogP contribution >= 0.6 is 0 Å². The zero-order chi connectivity index (χ0) is 13.7. The number of amides is 1. The van der Waals surface area contributed by atoms with Gasteiger partial charge in [0.1, 0.15) is 0 Å². The van der Waals surface area contributed by atoms with Gasteiger partial charge in [-0.2, -0.15) is 0 Å². The largest absolute Gasteiger partial charge is 0.472 e. The van der Waals surface area contributed by atoms with Crippen LogP contribution in [0.15, 0.2) is 29.2 Å². The summed E-state index contributed by atoms with van der Waals surface area (Å²) in [4.78, 5) is 13.3. The van der Waals surface area contributed by atoms with Crippen molar-refractivity contribution < 1.29 is 9.21 Å². The van der Waals surface area contributed by atoms with Crippen LogP contribution in [-0.4, -0.2) is 39.4 Å². The van der Waals surface area contributed by atoms with Gasteiger partial charge in [-0.3, -0.25) is 14.9 Å². The van der Waals surface area contributed by atoms with E-state index in [-0.39, 0.29) is 5.69 Å². The smallest absolute Gasteiger partial charge is 0.287 e. The van der Waals surface area contributed by atoms with E-state index in [4.69, 9.17) is 10.3 Å². The van der Waals surface area contributed by atoms with Gasteiger partial charge in [0.15, 0.2) is 5.69 Å². The van der Waals surface area contributed by atoms with Crippen molar-refractivity contribution in [3.63, 3.8) is 0 Å². The number of hydrogen-bond donors (Lipinski definition) is 2. The molecule has 0 saturated carbocycles. The number of nitrogens with one attached hydrogen (secondary N) is 1. The normalized spacial score (nSPS) is 10.9. The molecule has 0 bridgehead atoms. The standard InChI is InChI=1S/C11H16N6O2/c1-16(6-9-2-5-19-8-9)3-4-17-7-10(14-15-17)11(18)13-12/h2,5,7-8H,3-4,6,12H2,1H3,(H,13,18). The zero-order valence-electron chi connectivity index (χ0n) is 10.6. The van der Waals surface area contributed by atoms with Crippen molar-refractivity contribution in [1.82, 2.24) is 25.3 Å². The van der Waals surface area contributed by atoms with E-state index in [2.05, 4.69) is 15.2 Å². The second kappa shape index (κ2) is 6.12. The second-order valence-corrected chi connectivity index (χ2v) is 4.21. The lowest BCUT2D eigenvalue weighted by Crippen LogP contribution is -2.30. The molecular weight excluding hydrogens is 248 g/mol. The van der Waals surface area contributed by atoms with Gasteiger partial charge in [0.05, 0.1) is 25.3 Å². The first-order valence-electron chi connectivity index (χ1n) is 5.79. The number of carbonyl (C=O) groups excluding carboxylic acids is 1. The lowest BCUT2D eigenvalue weighted by molar-refractivity contribution is 0.0948. The molecule has 0 radical (unpaired) electrons. The molecule has 0 unspecified atom stereocenters. The topological polar surface area (TPSA) is 102 Å². The van der Waals surface area contributed by atoms with E-state index in [1.807, 2.05) is 18.5 Å². The molecule has 2 aromatic heterocycles. The van der Waals surface area contributed by atoms with Crippen LogP contribution in [0, 0.1) is 0 Å². The van der Waals surface area contributed by atoms with Gasteiger partial charge in [0, 0.05) is 18.7 Å². The highest BCUT2D eigenvalue weighted by molar-refractivity contribution is 5.91. The van der Waals surface area contributed by atoms with Crippen LogP contribution in [0.3, 0.4) is 0 Å². The van der Waals surface area contributed by atoms with Crippen molar-refractivity contribution >= 4 is 5.91 Å². The van der Waals surface area contributed by atoms with Crippen molar-refractivity contribution in [2.45, 2.75) is 13.1 Å². The number of furan rings is 1. The van der Waals surface area contributed by atoms with Crippen molar-refractivity contribution in [1.29, 1.82) is 0 Å². The number of rotatable bonds is 6. The zero-order valence-corrected chi connectivity index (χ0v) is 10.6. The van der Waals surface area contributed by atoms with Gasteiger partial charge in [0.25, 0.3) is 5.91 Å². The lowest BCUT2D eigenvalue weighted by atomic mass is 10.3. The fourth-order valence-corrected chi connectivity index (χ4v) is 1.63. The van der Waals surface area contributed by atoms with Gasteiger partial charge >= 0.3 is 0 Å². The average Bonchev–Trinajstić information content (AvgIpc) is 3.06. The SMILES string of the molecule is CN(CCn1cc(C(=O)NN)nn1)Cc1ccoc1. The molecule has 0 aromatic carbocycles. The quantitative estimate of drug-likeness (QED) is 0.418. The van der Waals surface area contributed by atoms with E-state index < -0.39 is 5.91 Å². The highest BCUT2D eigenvalue weighted by atomic mass is 16.3. The number of nitrogen functional groups attached to an aromatic ring is 1. The van der Waals surface area contributed by atoms with E-state index in [0.29, 0.717) is 6.54 Å². The molecule has 8 nitrogen and oxygen atoms in total. The first kappa shape index (κ1) is 13.2. The summed E-state index contributed by atoms with van der Waals surface area (Å²) in [5.74, 6) is 4.57. The van der Waals surface area contributed by atoms with Crippen LogP contribution in [0.25, 0.3) is 0 Å². The molecule has 0 fully saturated rings. The van der Waals surface area contributed by atoms with Crippen LogP contribution in [0.4, 0.5) is 0 Å². The van der Waals surface area contributed by atoms with Gasteiger partial charge in [-0.05, 0) is 13.1 Å². The van der Waals surface area contributed by atoms with E-state index in [1.165, 1.54) is 0 Å². The first-order chi connectivity index (χ1) is 9.19. The number of hydrogen-bond acceptors (Lipinski definition) is 6. The number of nitrogens with two attached hydrogens (primary N) is 1. The third-order valence-electron chi connectivity index (χ3n) is 2.65. The van der Waals surface area contributed by atoms with E-state index >= 15 is 0 Å². The number of aromatic nitrogens is 3. The number of carbonyl (C=O) groups is 1. The van der Waals surface area contributed by atoms with E-state index in [1.54, 1.807) is 23.4 Å². The van der Waals surface area contributed by atoms with Gasteiger partial charge in [0.2, 0.25) is 0 Å². The minimum atomic E-state index is -0.446. The maximum Gasteiger partial charge on any atom is 0.287 e. The predicted molar refractivity (Wildman–Crippen MR) is 66.7 cm³/mol. The third kappa shape index (κ3) is 3.63. The number of likely N-dealkylation sites (N-methyl/N-ethyl adjacent to an activating group) is 1. The number of nitrogens with zero attached hydrogens (tertiary/aromatic N) is 4. The molecule has 2 rings (SSSR count). The van der Waals surface area contributed by atoms with Crippen molar-refractivity contribution in [3.8, 4) is 0 Å². The molecule has 0 aliphatic carbocycles. The van der Waals surface area contributed by atoms with Crippen LogP contribution < -0.4 is 11.3 Å². The summed E-state index contributed by atoms with van der Waals surface area (Å²) in [5.41, 5.74) is 3.34. The van der Waals surface area contributed by atoms with Gasteiger partial charge in [-0.25, -0.2) is 5.84 Å². The predicted octanol–water partition coefficient (Wildman–Crippen LogP) is -0.393. The lowest BCUT2D eigenvalue weighted by Gasteiger charge is -2.14. The maximum atomic E-state index is 11.2. The monoisotopic (exact) mass is 264 g/mol. The molecule has 19 heavy (non-hydrogen) atoms. The van der Waals surface area contributed by atoms with E-state index in [0.717, 1.165) is 18.7 Å². The minimum Gasteiger partial charge on any atom is -0.472 e. The van der Waals surface area contributed by atoms with Crippen LogP contribution in [-0.2, 0) is 13.1 Å². The van der Waals surface area contributed by atoms with Gasteiger partial charge < -0.3 is 9.32 Å². The Bertz CT molecular complexity index is 521. The summed E-state index contributed by atoms with van der Waals surface area (Å²) < 4.78 is 6.62. The molecule has 0 atom stereocenters. The average molecular weight is 264 g/mol. The maximum absolute atomic E-state index is 11.2. The third-order valence-corrected chi connectivity index (χ3v) is 2.65. The molecule has 0 aliphatic heterocycles. The molecule has 2 heterocycles. The fourth-order valence-electron chi connectivity index (χ4n) is 1.63. The second-order valence-electron chi connectivity index (χ2n) is 4.21. The molecule has 0 saturated heterocycles. The highest BCUT2D eigenvalue weighted by Crippen LogP contribution is 2.03. The molecule has 0 aliphatic rings. The minimum absolute atomic E-state index is 0.208. The fraction of sp³-hybridized carbons (Fsp3) is 0.364. The Morgan fingerprint density at radius 3 is 3.16 bits per heavy atom. The molecule has 0 spiro atoms.